The van der Waals surface area contributed by atoms with Crippen LogP contribution >= 0.6 is 11.8 Å². The molecule has 0 radical (unpaired) electrons. The van der Waals surface area contributed by atoms with Gasteiger partial charge < -0.3 is 0 Å². The van der Waals surface area contributed by atoms with E-state index in [9.17, 15) is 9.18 Å². The van der Waals surface area contributed by atoms with Gasteiger partial charge in [-0.1, -0.05) is 66.7 Å². The molecule has 0 fully saturated rings. The Morgan fingerprint density at radius 1 is 0.963 bits per heavy atom. The first kappa shape index (κ1) is 17.5. The molecule has 3 aromatic carbocycles. The monoisotopic (exact) mass is 376 g/mol. The van der Waals surface area contributed by atoms with Gasteiger partial charge in [-0.05, 0) is 28.3 Å². The number of hydrogen-bond acceptors (Lipinski definition) is 3. The fourth-order valence-electron chi connectivity index (χ4n) is 3.23. The summed E-state index contributed by atoms with van der Waals surface area (Å²) in [6.45, 7) is 0. The average Bonchev–Trinajstić information content (AvgIpc) is 3.02. The minimum atomic E-state index is -0.371. The van der Waals surface area contributed by atoms with Crippen molar-refractivity contribution in [2.75, 3.05) is 5.75 Å². The number of hydrogen-bond donors (Lipinski definition) is 1. The second-order valence-corrected chi connectivity index (χ2v) is 7.27. The van der Waals surface area contributed by atoms with Gasteiger partial charge in [0.2, 0.25) is 5.91 Å². The summed E-state index contributed by atoms with van der Waals surface area (Å²) in [6, 6.07) is 22.9. The summed E-state index contributed by atoms with van der Waals surface area (Å²) in [4.78, 5) is 12.2. The molecule has 3 nitrogen and oxygen atoms in total. The smallest absolute Gasteiger partial charge is 0.250 e. The Kier molecular flexibility index (Phi) is 5.03. The fourth-order valence-corrected chi connectivity index (χ4v) is 4.39. The van der Waals surface area contributed by atoms with Crippen LogP contribution in [-0.2, 0) is 4.79 Å². The SMILES string of the molecule is O=C(CSC1c2ccccc2-c2ccccc21)N/N=C\c1ccccc1F. The molecule has 0 saturated heterocycles. The highest BCUT2D eigenvalue weighted by Crippen LogP contribution is 2.49. The number of carbonyl (C=O) groups is 1. The maximum atomic E-state index is 13.5. The summed E-state index contributed by atoms with van der Waals surface area (Å²) in [7, 11) is 0. The van der Waals surface area contributed by atoms with Crippen molar-refractivity contribution >= 4 is 23.9 Å². The predicted octanol–water partition coefficient (Wildman–Crippen LogP) is 4.78. The van der Waals surface area contributed by atoms with E-state index >= 15 is 0 Å². The summed E-state index contributed by atoms with van der Waals surface area (Å²) in [5, 5.41) is 3.98. The van der Waals surface area contributed by atoms with Crippen LogP contribution in [0.5, 0.6) is 0 Å². The van der Waals surface area contributed by atoms with Crippen LogP contribution in [-0.4, -0.2) is 17.9 Å². The third kappa shape index (κ3) is 3.64. The number of carbonyl (C=O) groups excluding carboxylic acids is 1. The van der Waals surface area contributed by atoms with Crippen LogP contribution in [0, 0.1) is 5.82 Å². The number of amides is 1. The van der Waals surface area contributed by atoms with E-state index in [4.69, 9.17) is 0 Å². The van der Waals surface area contributed by atoms with E-state index in [1.54, 1.807) is 30.0 Å². The van der Waals surface area contributed by atoms with Crippen LogP contribution < -0.4 is 5.43 Å². The maximum absolute atomic E-state index is 13.5. The number of hydrazone groups is 1. The molecule has 0 spiro atoms. The zero-order chi connectivity index (χ0) is 18.6. The van der Waals surface area contributed by atoms with Crippen LogP contribution in [0.2, 0.25) is 0 Å². The normalized spacial score (nSPS) is 12.8. The molecule has 1 aliphatic carbocycles. The second kappa shape index (κ2) is 7.76. The molecule has 0 unspecified atom stereocenters. The van der Waals surface area contributed by atoms with Gasteiger partial charge in [0.1, 0.15) is 5.82 Å². The van der Waals surface area contributed by atoms with Gasteiger partial charge in [-0.3, -0.25) is 4.79 Å². The fraction of sp³-hybridized carbons (Fsp3) is 0.0909. The molecule has 27 heavy (non-hydrogen) atoms. The van der Waals surface area contributed by atoms with Crippen molar-refractivity contribution in [3.8, 4) is 11.1 Å². The van der Waals surface area contributed by atoms with E-state index in [1.807, 2.05) is 24.3 Å². The molecule has 0 bridgehead atoms. The number of benzene rings is 3. The highest BCUT2D eigenvalue weighted by Gasteiger charge is 2.28. The molecule has 5 heteroatoms. The molecule has 3 aromatic rings. The highest BCUT2D eigenvalue weighted by molar-refractivity contribution is 8.00. The molecule has 134 valence electrons. The highest BCUT2D eigenvalue weighted by atomic mass is 32.2. The van der Waals surface area contributed by atoms with Crippen molar-refractivity contribution in [2.24, 2.45) is 5.10 Å². The molecule has 1 N–H and O–H groups in total. The zero-order valence-corrected chi connectivity index (χ0v) is 15.2. The Hall–Kier alpha value is -2.92. The van der Waals surface area contributed by atoms with E-state index in [1.165, 1.54) is 34.5 Å². The molecule has 4 rings (SSSR count). The number of nitrogens with one attached hydrogen (secondary N) is 1. The minimum Gasteiger partial charge on any atom is -0.272 e. The summed E-state index contributed by atoms with van der Waals surface area (Å²) in [5.74, 6) is -0.319. The Morgan fingerprint density at radius 2 is 1.56 bits per heavy atom. The molecule has 0 aromatic heterocycles. The van der Waals surface area contributed by atoms with Gasteiger partial charge in [-0.25, -0.2) is 9.82 Å². The van der Waals surface area contributed by atoms with Crippen LogP contribution in [0.25, 0.3) is 11.1 Å². The molecule has 1 amide bonds. The third-order valence-electron chi connectivity index (χ3n) is 4.46. The van der Waals surface area contributed by atoms with Gasteiger partial charge in [-0.15, -0.1) is 11.8 Å². The summed E-state index contributed by atoms with van der Waals surface area (Å²) < 4.78 is 13.5. The van der Waals surface area contributed by atoms with E-state index in [0.29, 0.717) is 5.56 Å². The first-order chi connectivity index (χ1) is 13.2. The topological polar surface area (TPSA) is 41.5 Å². The first-order valence-corrected chi connectivity index (χ1v) is 9.65. The van der Waals surface area contributed by atoms with Crippen molar-refractivity contribution in [3.63, 3.8) is 0 Å². The summed E-state index contributed by atoms with van der Waals surface area (Å²) in [5.41, 5.74) is 7.72. The van der Waals surface area contributed by atoms with E-state index in [0.717, 1.165) is 0 Å². The largest absolute Gasteiger partial charge is 0.272 e. The molecule has 0 heterocycles. The standard InChI is InChI=1S/C22H17FN2OS/c23-20-12-6-1-7-15(20)13-24-25-21(26)14-27-22-18-10-4-2-8-16(18)17-9-3-5-11-19(17)22/h1-13,22H,14H2,(H,25,26)/b24-13-. The molecular weight excluding hydrogens is 359 g/mol. The number of thioether (sulfide) groups is 1. The van der Waals surface area contributed by atoms with E-state index in [-0.39, 0.29) is 22.7 Å². The number of nitrogens with zero attached hydrogens (tertiary/aromatic N) is 1. The predicted molar refractivity (Wildman–Crippen MR) is 108 cm³/mol. The van der Waals surface area contributed by atoms with Gasteiger partial charge >= 0.3 is 0 Å². The lowest BCUT2D eigenvalue weighted by Crippen LogP contribution is -2.20. The quantitative estimate of drug-likeness (QED) is 0.514. The lowest BCUT2D eigenvalue weighted by molar-refractivity contribution is -0.118. The maximum Gasteiger partial charge on any atom is 0.250 e. The minimum absolute atomic E-state index is 0.124. The zero-order valence-electron chi connectivity index (χ0n) is 14.4. The number of halogens is 1. The molecule has 0 atom stereocenters. The van der Waals surface area contributed by atoms with Gasteiger partial charge in [0, 0.05) is 5.56 Å². The average molecular weight is 376 g/mol. The van der Waals surface area contributed by atoms with E-state index in [2.05, 4.69) is 34.8 Å². The van der Waals surface area contributed by atoms with Crippen LogP contribution in [0.4, 0.5) is 4.39 Å². The van der Waals surface area contributed by atoms with Gasteiger partial charge in [0.15, 0.2) is 0 Å². The van der Waals surface area contributed by atoms with Crippen molar-refractivity contribution in [2.45, 2.75) is 5.25 Å². The third-order valence-corrected chi connectivity index (χ3v) is 5.73. The Labute approximate surface area is 161 Å². The lowest BCUT2D eigenvalue weighted by Gasteiger charge is -2.12. The van der Waals surface area contributed by atoms with Crippen molar-refractivity contribution in [3.05, 3.63) is 95.3 Å². The van der Waals surface area contributed by atoms with Crippen molar-refractivity contribution < 1.29 is 9.18 Å². The van der Waals surface area contributed by atoms with Gasteiger partial charge in [0.05, 0.1) is 17.2 Å². The van der Waals surface area contributed by atoms with Crippen molar-refractivity contribution in [1.29, 1.82) is 0 Å². The lowest BCUT2D eigenvalue weighted by atomic mass is 10.1. The molecule has 0 saturated carbocycles. The summed E-state index contributed by atoms with van der Waals surface area (Å²) in [6.07, 6.45) is 1.32. The van der Waals surface area contributed by atoms with Gasteiger partial charge in [-0.2, -0.15) is 5.10 Å². The summed E-state index contributed by atoms with van der Waals surface area (Å²) >= 11 is 1.57. The van der Waals surface area contributed by atoms with Gasteiger partial charge in [0.25, 0.3) is 0 Å². The Bertz CT molecular complexity index is 973. The number of rotatable bonds is 5. The Morgan fingerprint density at radius 3 is 2.22 bits per heavy atom. The number of fused-ring (bicyclic) bond motifs is 3. The van der Waals surface area contributed by atoms with E-state index < -0.39 is 0 Å². The van der Waals surface area contributed by atoms with Crippen LogP contribution in [0.3, 0.4) is 0 Å². The molecule has 0 aliphatic heterocycles. The molecule has 1 aliphatic rings. The van der Waals surface area contributed by atoms with Crippen LogP contribution in [0.15, 0.2) is 77.9 Å². The first-order valence-electron chi connectivity index (χ1n) is 8.60. The van der Waals surface area contributed by atoms with Crippen molar-refractivity contribution in [1.82, 2.24) is 5.43 Å². The Balaban J connectivity index is 1.42. The molecular formula is C22H17FN2OS. The van der Waals surface area contributed by atoms with Crippen LogP contribution in [0.1, 0.15) is 21.9 Å². The second-order valence-electron chi connectivity index (χ2n) is 6.18.